The molecule has 0 unspecified atom stereocenters. The molecular formula is C22H19NO2S. The molecule has 0 aliphatic rings. The van der Waals surface area contributed by atoms with E-state index in [0.29, 0.717) is 9.79 Å². The van der Waals surface area contributed by atoms with Gasteiger partial charge in [-0.15, -0.1) is 0 Å². The summed E-state index contributed by atoms with van der Waals surface area (Å²) < 4.78 is 27.1. The fourth-order valence-corrected chi connectivity index (χ4v) is 5.13. The minimum Gasteiger partial charge on any atom is -0.377 e. The van der Waals surface area contributed by atoms with Gasteiger partial charge in [0.1, 0.15) is 0 Å². The third-order valence-corrected chi connectivity index (χ3v) is 6.54. The number of sulfone groups is 1. The van der Waals surface area contributed by atoms with Crippen LogP contribution in [0, 0.1) is 0 Å². The number of benzene rings is 4. The van der Waals surface area contributed by atoms with Crippen molar-refractivity contribution < 1.29 is 8.42 Å². The topological polar surface area (TPSA) is 37.4 Å². The summed E-state index contributed by atoms with van der Waals surface area (Å²) in [6.45, 7) is 0. The number of nitrogens with zero attached hydrogens (tertiary/aromatic N) is 1. The molecule has 4 aromatic rings. The van der Waals surface area contributed by atoms with Crippen molar-refractivity contribution in [3.63, 3.8) is 0 Å². The zero-order valence-corrected chi connectivity index (χ0v) is 15.5. The van der Waals surface area contributed by atoms with Crippen LogP contribution in [0.25, 0.3) is 21.5 Å². The lowest BCUT2D eigenvalue weighted by Crippen LogP contribution is -2.10. The molecule has 4 aromatic carbocycles. The van der Waals surface area contributed by atoms with Crippen LogP contribution in [0.1, 0.15) is 0 Å². The van der Waals surface area contributed by atoms with E-state index in [1.54, 1.807) is 18.2 Å². The summed E-state index contributed by atoms with van der Waals surface area (Å²) in [5, 5.41) is 3.34. The van der Waals surface area contributed by atoms with E-state index in [-0.39, 0.29) is 0 Å². The van der Waals surface area contributed by atoms with Gasteiger partial charge in [-0.25, -0.2) is 8.42 Å². The van der Waals surface area contributed by atoms with Gasteiger partial charge in [0.25, 0.3) is 0 Å². The highest BCUT2D eigenvalue weighted by Crippen LogP contribution is 2.35. The molecule has 0 aromatic heterocycles. The van der Waals surface area contributed by atoms with Crippen molar-refractivity contribution in [2.45, 2.75) is 9.79 Å². The third kappa shape index (κ3) is 2.54. The van der Waals surface area contributed by atoms with Gasteiger partial charge in [0.15, 0.2) is 0 Å². The highest BCUT2D eigenvalue weighted by molar-refractivity contribution is 7.92. The molecule has 26 heavy (non-hydrogen) atoms. The van der Waals surface area contributed by atoms with Crippen LogP contribution in [0.3, 0.4) is 0 Å². The van der Waals surface area contributed by atoms with Crippen molar-refractivity contribution in [3.05, 3.63) is 78.9 Å². The van der Waals surface area contributed by atoms with E-state index in [4.69, 9.17) is 0 Å². The second-order valence-corrected chi connectivity index (χ2v) is 8.39. The maximum absolute atomic E-state index is 13.5. The summed E-state index contributed by atoms with van der Waals surface area (Å²) in [5.41, 5.74) is 0.998. The second-order valence-electron chi connectivity index (χ2n) is 6.50. The second kappa shape index (κ2) is 6.15. The Morgan fingerprint density at radius 3 is 1.92 bits per heavy atom. The van der Waals surface area contributed by atoms with Crippen LogP contribution < -0.4 is 4.90 Å². The van der Waals surface area contributed by atoms with Gasteiger partial charge in [-0.1, -0.05) is 60.7 Å². The molecule has 0 bridgehead atoms. The van der Waals surface area contributed by atoms with Gasteiger partial charge in [-0.2, -0.15) is 0 Å². The minimum atomic E-state index is -3.65. The normalized spacial score (nSPS) is 11.8. The van der Waals surface area contributed by atoms with Gasteiger partial charge in [-0.05, 0) is 23.6 Å². The molecule has 0 aliphatic heterocycles. The Morgan fingerprint density at radius 1 is 0.615 bits per heavy atom. The molecule has 0 saturated carbocycles. The molecule has 0 atom stereocenters. The summed E-state index contributed by atoms with van der Waals surface area (Å²) in [6, 6.07) is 24.2. The third-order valence-electron chi connectivity index (χ3n) is 4.67. The maximum atomic E-state index is 13.5. The molecule has 4 heteroatoms. The van der Waals surface area contributed by atoms with E-state index in [2.05, 4.69) is 0 Å². The zero-order chi connectivity index (χ0) is 18.3. The average molecular weight is 361 g/mol. The molecule has 4 rings (SSSR count). The molecule has 0 aliphatic carbocycles. The number of hydrogen-bond acceptors (Lipinski definition) is 3. The average Bonchev–Trinajstić information content (AvgIpc) is 2.66. The van der Waals surface area contributed by atoms with Gasteiger partial charge in [0, 0.05) is 35.9 Å². The van der Waals surface area contributed by atoms with Gasteiger partial charge in [0.2, 0.25) is 9.84 Å². The predicted octanol–water partition coefficient (Wildman–Crippen LogP) is 4.89. The van der Waals surface area contributed by atoms with E-state index in [1.807, 2.05) is 79.7 Å². The predicted molar refractivity (Wildman–Crippen MR) is 108 cm³/mol. The monoisotopic (exact) mass is 361 g/mol. The van der Waals surface area contributed by atoms with Gasteiger partial charge in [-0.3, -0.25) is 0 Å². The number of fused-ring (bicyclic) bond motifs is 2. The standard InChI is InChI=1S/C22H19NO2S/c1-23(2)20-13-6-12-19-18(20)11-7-15-22(19)26(24,25)21-14-5-9-16-8-3-4-10-17(16)21/h3-15H,1-2H3. The fourth-order valence-electron chi connectivity index (χ4n) is 3.44. The van der Waals surface area contributed by atoms with Crippen molar-refractivity contribution in [3.8, 4) is 0 Å². The highest BCUT2D eigenvalue weighted by Gasteiger charge is 2.23. The first kappa shape index (κ1) is 16.6. The maximum Gasteiger partial charge on any atom is 0.207 e. The summed E-state index contributed by atoms with van der Waals surface area (Å²) in [4.78, 5) is 2.69. The first-order valence-electron chi connectivity index (χ1n) is 8.42. The summed E-state index contributed by atoms with van der Waals surface area (Å²) >= 11 is 0. The lowest BCUT2D eigenvalue weighted by molar-refractivity contribution is 0.598. The lowest BCUT2D eigenvalue weighted by Gasteiger charge is -2.17. The SMILES string of the molecule is CN(C)c1cccc2c(S(=O)(=O)c3cccc4ccccc34)cccc12. The number of anilines is 1. The lowest BCUT2D eigenvalue weighted by atomic mass is 10.1. The van der Waals surface area contributed by atoms with Crippen LogP contribution in [-0.4, -0.2) is 22.5 Å². The molecule has 130 valence electrons. The molecule has 0 N–H and O–H groups in total. The Hall–Kier alpha value is -2.85. The Balaban J connectivity index is 2.04. The molecule has 0 amide bonds. The van der Waals surface area contributed by atoms with Crippen LogP contribution in [0.15, 0.2) is 88.7 Å². The van der Waals surface area contributed by atoms with E-state index < -0.39 is 9.84 Å². The molecule has 0 fully saturated rings. The largest absolute Gasteiger partial charge is 0.377 e. The minimum absolute atomic E-state index is 0.343. The Labute approximate surface area is 153 Å². The van der Waals surface area contributed by atoms with Crippen molar-refractivity contribution in [1.82, 2.24) is 0 Å². The fraction of sp³-hybridized carbons (Fsp3) is 0.0909. The van der Waals surface area contributed by atoms with Crippen LogP contribution in [0.4, 0.5) is 5.69 Å². The van der Waals surface area contributed by atoms with E-state index >= 15 is 0 Å². The van der Waals surface area contributed by atoms with Crippen LogP contribution in [0.5, 0.6) is 0 Å². The zero-order valence-electron chi connectivity index (χ0n) is 14.7. The van der Waals surface area contributed by atoms with Crippen molar-refractivity contribution in [2.24, 2.45) is 0 Å². The van der Waals surface area contributed by atoms with E-state index in [1.165, 1.54) is 0 Å². The van der Waals surface area contributed by atoms with Crippen molar-refractivity contribution in [1.29, 1.82) is 0 Å². The molecule has 0 spiro atoms. The number of rotatable bonds is 3. The molecule has 0 radical (unpaired) electrons. The quantitative estimate of drug-likeness (QED) is 0.521. The molecular weight excluding hydrogens is 342 g/mol. The summed E-state index contributed by atoms with van der Waals surface area (Å²) in [5.74, 6) is 0. The Bertz CT molecular complexity index is 1220. The van der Waals surface area contributed by atoms with Gasteiger partial charge in [0.05, 0.1) is 9.79 Å². The smallest absolute Gasteiger partial charge is 0.207 e. The van der Waals surface area contributed by atoms with Crippen LogP contribution in [-0.2, 0) is 9.84 Å². The summed E-state index contributed by atoms with van der Waals surface area (Å²) in [7, 11) is 0.265. The Kier molecular flexibility index (Phi) is 3.93. The molecule has 3 nitrogen and oxygen atoms in total. The van der Waals surface area contributed by atoms with Crippen LogP contribution in [0.2, 0.25) is 0 Å². The number of hydrogen-bond donors (Lipinski definition) is 0. The highest BCUT2D eigenvalue weighted by atomic mass is 32.2. The van der Waals surface area contributed by atoms with Crippen molar-refractivity contribution in [2.75, 3.05) is 19.0 Å². The first-order valence-corrected chi connectivity index (χ1v) is 9.90. The Morgan fingerprint density at radius 2 is 1.15 bits per heavy atom. The van der Waals surface area contributed by atoms with Gasteiger partial charge >= 0.3 is 0 Å². The van der Waals surface area contributed by atoms with Gasteiger partial charge < -0.3 is 4.90 Å². The van der Waals surface area contributed by atoms with Crippen LogP contribution >= 0.6 is 0 Å². The molecule has 0 heterocycles. The summed E-state index contributed by atoms with van der Waals surface area (Å²) in [6.07, 6.45) is 0. The molecule has 0 saturated heterocycles. The first-order chi connectivity index (χ1) is 12.5. The van der Waals surface area contributed by atoms with Crippen molar-refractivity contribution >= 4 is 37.1 Å². The van der Waals surface area contributed by atoms with E-state index in [9.17, 15) is 8.42 Å². The van der Waals surface area contributed by atoms with E-state index in [0.717, 1.165) is 27.2 Å².